The van der Waals surface area contributed by atoms with Gasteiger partial charge in [-0.1, -0.05) is 26.0 Å². The average molecular weight is 295 g/mol. The minimum atomic E-state index is -0.596. The maximum absolute atomic E-state index is 11.8. The number of nitrogens with two attached hydrogens (primary N) is 1. The molecule has 1 aromatic carbocycles. The molecule has 6 heteroatoms. The van der Waals surface area contributed by atoms with Gasteiger partial charge in [-0.15, -0.1) is 11.8 Å². The largest absolute Gasteiger partial charge is 0.346 e. The van der Waals surface area contributed by atoms with Crippen LogP contribution in [0.2, 0.25) is 0 Å². The van der Waals surface area contributed by atoms with Crippen LogP contribution >= 0.6 is 11.8 Å². The lowest BCUT2D eigenvalue weighted by Gasteiger charge is -2.15. The Morgan fingerprint density at radius 2 is 1.95 bits per heavy atom. The van der Waals surface area contributed by atoms with E-state index in [-0.39, 0.29) is 24.3 Å². The van der Waals surface area contributed by atoms with Crippen LogP contribution in [0.3, 0.4) is 0 Å². The van der Waals surface area contributed by atoms with Gasteiger partial charge in [-0.3, -0.25) is 9.59 Å². The summed E-state index contributed by atoms with van der Waals surface area (Å²) in [6.45, 7) is 3.64. The molecule has 0 spiro atoms. The van der Waals surface area contributed by atoms with Crippen LogP contribution in [0.4, 0.5) is 5.69 Å². The number of carbonyl (C=O) groups is 2. The lowest BCUT2D eigenvalue weighted by atomic mass is 10.1. The molecule has 1 aromatic rings. The molecule has 0 heterocycles. The van der Waals surface area contributed by atoms with Crippen molar-refractivity contribution in [3.8, 4) is 0 Å². The van der Waals surface area contributed by atoms with E-state index in [1.165, 1.54) is 0 Å². The first-order chi connectivity index (χ1) is 9.45. The highest BCUT2D eigenvalue weighted by atomic mass is 32.2. The van der Waals surface area contributed by atoms with Crippen molar-refractivity contribution >= 4 is 29.3 Å². The van der Waals surface area contributed by atoms with Gasteiger partial charge in [-0.05, 0) is 24.3 Å². The lowest BCUT2D eigenvalue weighted by molar-refractivity contribution is -0.125. The minimum Gasteiger partial charge on any atom is -0.346 e. The van der Waals surface area contributed by atoms with Gasteiger partial charge in [-0.25, -0.2) is 0 Å². The molecule has 110 valence electrons. The maximum atomic E-state index is 11.8. The Morgan fingerprint density at radius 1 is 1.30 bits per heavy atom. The zero-order valence-electron chi connectivity index (χ0n) is 12.0. The molecule has 0 saturated heterocycles. The van der Waals surface area contributed by atoms with Crippen LogP contribution in [0.15, 0.2) is 29.2 Å². The van der Waals surface area contributed by atoms with E-state index in [4.69, 9.17) is 5.73 Å². The summed E-state index contributed by atoms with van der Waals surface area (Å²) in [6, 6.07) is 6.91. The zero-order chi connectivity index (χ0) is 15.1. The first-order valence-electron chi connectivity index (χ1n) is 6.42. The number of benzene rings is 1. The normalized spacial score (nSPS) is 12.1. The van der Waals surface area contributed by atoms with E-state index in [9.17, 15) is 9.59 Å². The van der Waals surface area contributed by atoms with Gasteiger partial charge in [0.05, 0.1) is 18.3 Å². The number of carbonyl (C=O) groups excluding carboxylic acids is 2. The SMILES string of the molecule is CSc1ccccc1NC(=O)CNC(=O)[C@@H](N)C(C)C. The van der Waals surface area contributed by atoms with Gasteiger partial charge in [0, 0.05) is 4.90 Å². The molecule has 1 atom stereocenters. The molecule has 20 heavy (non-hydrogen) atoms. The third kappa shape index (κ3) is 4.86. The van der Waals surface area contributed by atoms with Crippen molar-refractivity contribution in [3.63, 3.8) is 0 Å². The summed E-state index contributed by atoms with van der Waals surface area (Å²) in [5.41, 5.74) is 6.44. The number of nitrogens with one attached hydrogen (secondary N) is 2. The number of hydrogen-bond donors (Lipinski definition) is 3. The van der Waals surface area contributed by atoms with Gasteiger partial charge in [0.15, 0.2) is 0 Å². The first kappa shape index (κ1) is 16.5. The molecule has 0 unspecified atom stereocenters. The van der Waals surface area contributed by atoms with E-state index in [0.717, 1.165) is 10.6 Å². The number of para-hydroxylation sites is 1. The van der Waals surface area contributed by atoms with E-state index in [1.807, 2.05) is 44.4 Å². The van der Waals surface area contributed by atoms with Crippen molar-refractivity contribution < 1.29 is 9.59 Å². The first-order valence-corrected chi connectivity index (χ1v) is 7.64. The highest BCUT2D eigenvalue weighted by Gasteiger charge is 2.17. The Labute approximate surface area is 123 Å². The molecule has 0 aliphatic rings. The topological polar surface area (TPSA) is 84.2 Å². The van der Waals surface area contributed by atoms with E-state index in [2.05, 4.69) is 10.6 Å². The van der Waals surface area contributed by atoms with Crippen molar-refractivity contribution in [2.24, 2.45) is 11.7 Å². The molecule has 5 nitrogen and oxygen atoms in total. The van der Waals surface area contributed by atoms with Crippen molar-refractivity contribution in [1.82, 2.24) is 5.32 Å². The molecule has 0 aliphatic heterocycles. The summed E-state index contributed by atoms with van der Waals surface area (Å²) in [4.78, 5) is 24.4. The quantitative estimate of drug-likeness (QED) is 0.694. The van der Waals surface area contributed by atoms with Crippen LogP contribution in [-0.2, 0) is 9.59 Å². The molecule has 4 N–H and O–H groups in total. The molecule has 1 rings (SSSR count). The van der Waals surface area contributed by atoms with Crippen molar-refractivity contribution in [1.29, 1.82) is 0 Å². The molecule has 0 bridgehead atoms. The molecular weight excluding hydrogens is 274 g/mol. The fourth-order valence-corrected chi connectivity index (χ4v) is 2.08. The molecule has 0 aliphatic carbocycles. The second-order valence-electron chi connectivity index (χ2n) is 4.74. The third-order valence-electron chi connectivity index (χ3n) is 2.83. The van der Waals surface area contributed by atoms with Crippen molar-refractivity contribution in [2.75, 3.05) is 18.1 Å². The zero-order valence-corrected chi connectivity index (χ0v) is 12.8. The predicted octanol–water partition coefficient (Wildman–Crippen LogP) is 1.45. The molecular formula is C14H21N3O2S. The molecule has 0 radical (unpaired) electrons. The standard InChI is InChI=1S/C14H21N3O2S/c1-9(2)13(15)14(19)16-8-12(18)17-10-6-4-5-7-11(10)20-3/h4-7,9,13H,8,15H2,1-3H3,(H,16,19)(H,17,18)/t13-/m0/s1. The summed E-state index contributed by atoms with van der Waals surface area (Å²) < 4.78 is 0. The van der Waals surface area contributed by atoms with E-state index >= 15 is 0 Å². The van der Waals surface area contributed by atoms with Crippen LogP contribution in [-0.4, -0.2) is 30.7 Å². The number of amides is 2. The lowest BCUT2D eigenvalue weighted by Crippen LogP contribution is -2.46. The summed E-state index contributed by atoms with van der Waals surface area (Å²) >= 11 is 1.55. The summed E-state index contributed by atoms with van der Waals surface area (Å²) in [7, 11) is 0. The van der Waals surface area contributed by atoms with Crippen LogP contribution in [0.1, 0.15) is 13.8 Å². The second-order valence-corrected chi connectivity index (χ2v) is 5.58. The summed E-state index contributed by atoms with van der Waals surface area (Å²) in [5, 5.41) is 5.31. The fraction of sp³-hybridized carbons (Fsp3) is 0.429. The Balaban J connectivity index is 2.50. The van der Waals surface area contributed by atoms with Crippen molar-refractivity contribution in [3.05, 3.63) is 24.3 Å². The van der Waals surface area contributed by atoms with E-state index < -0.39 is 6.04 Å². The molecule has 2 amide bonds. The van der Waals surface area contributed by atoms with Crippen LogP contribution < -0.4 is 16.4 Å². The summed E-state index contributed by atoms with van der Waals surface area (Å²) in [5.74, 6) is -0.542. The Bertz CT molecular complexity index is 477. The average Bonchev–Trinajstić information content (AvgIpc) is 2.44. The third-order valence-corrected chi connectivity index (χ3v) is 3.62. The van der Waals surface area contributed by atoms with E-state index in [0.29, 0.717) is 0 Å². The van der Waals surface area contributed by atoms with Crippen molar-refractivity contribution in [2.45, 2.75) is 24.8 Å². The highest BCUT2D eigenvalue weighted by molar-refractivity contribution is 7.98. The van der Waals surface area contributed by atoms with Gasteiger partial charge in [0.1, 0.15) is 0 Å². The number of anilines is 1. The Kier molecular flexibility index (Phi) is 6.54. The molecule has 0 saturated carbocycles. The smallest absolute Gasteiger partial charge is 0.243 e. The summed E-state index contributed by atoms with van der Waals surface area (Å²) in [6.07, 6.45) is 1.94. The Hall–Kier alpha value is -1.53. The van der Waals surface area contributed by atoms with Crippen LogP contribution in [0.5, 0.6) is 0 Å². The maximum Gasteiger partial charge on any atom is 0.243 e. The fourth-order valence-electron chi connectivity index (χ4n) is 1.53. The van der Waals surface area contributed by atoms with Crippen LogP contribution in [0, 0.1) is 5.92 Å². The minimum absolute atomic E-state index is 0.0373. The van der Waals surface area contributed by atoms with Gasteiger partial charge in [-0.2, -0.15) is 0 Å². The monoisotopic (exact) mass is 295 g/mol. The number of thioether (sulfide) groups is 1. The highest BCUT2D eigenvalue weighted by Crippen LogP contribution is 2.24. The molecule has 0 aromatic heterocycles. The van der Waals surface area contributed by atoms with Gasteiger partial charge < -0.3 is 16.4 Å². The van der Waals surface area contributed by atoms with Gasteiger partial charge in [0.25, 0.3) is 0 Å². The van der Waals surface area contributed by atoms with Gasteiger partial charge >= 0.3 is 0 Å². The predicted molar refractivity (Wildman–Crippen MR) is 82.7 cm³/mol. The second kappa shape index (κ2) is 7.91. The van der Waals surface area contributed by atoms with Gasteiger partial charge in [0.2, 0.25) is 11.8 Å². The number of rotatable bonds is 6. The van der Waals surface area contributed by atoms with Crippen LogP contribution in [0.25, 0.3) is 0 Å². The number of hydrogen-bond acceptors (Lipinski definition) is 4. The Morgan fingerprint density at radius 3 is 2.55 bits per heavy atom. The molecule has 0 fully saturated rings. The van der Waals surface area contributed by atoms with E-state index in [1.54, 1.807) is 11.8 Å².